The van der Waals surface area contributed by atoms with Gasteiger partial charge in [-0.15, -0.1) is 28.2 Å². The molecule has 0 bridgehead atoms. The molecule has 0 aromatic carbocycles. The number of hydrazone groups is 2. The van der Waals surface area contributed by atoms with E-state index in [0.29, 0.717) is 52.7 Å². The Balaban J connectivity index is 2.20. The zero-order valence-corrected chi connectivity index (χ0v) is 23.4. The van der Waals surface area contributed by atoms with Gasteiger partial charge in [0, 0.05) is 30.0 Å². The molecule has 1 aliphatic rings. The number of nitrogens with two attached hydrogens (primary N) is 5. The Morgan fingerprint density at radius 3 is 2.73 bits per heavy atom. The third-order valence-corrected chi connectivity index (χ3v) is 8.39. The van der Waals surface area contributed by atoms with Crippen molar-refractivity contribution in [3.8, 4) is 0 Å². The van der Waals surface area contributed by atoms with Crippen LogP contribution in [0.4, 0.5) is 5.13 Å². The van der Waals surface area contributed by atoms with Crippen molar-refractivity contribution in [2.75, 3.05) is 44.4 Å². The highest BCUT2D eigenvalue weighted by Crippen LogP contribution is 2.33. The van der Waals surface area contributed by atoms with Crippen molar-refractivity contribution in [1.82, 2.24) is 30.6 Å². The Labute approximate surface area is 228 Å². The van der Waals surface area contributed by atoms with E-state index in [2.05, 4.69) is 26.0 Å². The molecule has 0 radical (unpaired) electrons. The molecule has 0 spiro atoms. The normalized spacial score (nSPS) is 17.7. The van der Waals surface area contributed by atoms with Gasteiger partial charge in [0.2, 0.25) is 12.3 Å². The lowest BCUT2D eigenvalue weighted by Crippen LogP contribution is -2.52. The number of anilines is 1. The van der Waals surface area contributed by atoms with E-state index >= 15 is 0 Å². The number of thioether (sulfide) groups is 2. The number of aromatic nitrogens is 1. The first-order valence-electron chi connectivity index (χ1n) is 11.0. The number of carbonyl (C=O) groups excluding carboxylic acids is 2. The average Bonchev–Trinajstić information content (AvgIpc) is 3.26. The fraction of sp³-hybridized carbons (Fsp3) is 0.526. The van der Waals surface area contributed by atoms with Crippen LogP contribution in [-0.2, 0) is 16.0 Å². The van der Waals surface area contributed by atoms with Gasteiger partial charge in [-0.25, -0.2) is 22.2 Å². The molecule has 2 amide bonds. The molecule has 0 aliphatic carbocycles. The summed E-state index contributed by atoms with van der Waals surface area (Å²) >= 11 is 4.05. The highest BCUT2D eigenvalue weighted by molar-refractivity contribution is 8.14. The first-order chi connectivity index (χ1) is 17.6. The predicted molar refractivity (Wildman–Crippen MR) is 151 cm³/mol. The second-order valence-corrected chi connectivity index (χ2v) is 11.1. The molecule has 2 rings (SSSR count). The summed E-state index contributed by atoms with van der Waals surface area (Å²) in [5.41, 5.74) is 15.8. The molecule has 18 heteroatoms. The topological polar surface area (TPSA) is 236 Å². The molecule has 12 N–H and O–H groups in total. The summed E-state index contributed by atoms with van der Waals surface area (Å²) in [7, 11) is 3.87. The predicted octanol–water partition coefficient (Wildman–Crippen LogP) is -2.01. The Morgan fingerprint density at radius 2 is 2.16 bits per heavy atom. The molecule has 37 heavy (non-hydrogen) atoms. The van der Waals surface area contributed by atoms with Gasteiger partial charge in [0.15, 0.2) is 16.1 Å². The van der Waals surface area contributed by atoms with E-state index < -0.39 is 11.4 Å². The fourth-order valence-electron chi connectivity index (χ4n) is 3.38. The van der Waals surface area contributed by atoms with E-state index in [-0.39, 0.29) is 18.2 Å². The van der Waals surface area contributed by atoms with Gasteiger partial charge < -0.3 is 27.5 Å². The summed E-state index contributed by atoms with van der Waals surface area (Å²) in [5, 5.41) is 14.2. The van der Waals surface area contributed by atoms with Crippen molar-refractivity contribution >= 4 is 63.3 Å². The van der Waals surface area contributed by atoms with E-state index in [4.69, 9.17) is 29.0 Å². The zero-order valence-electron chi connectivity index (χ0n) is 21.0. The second kappa shape index (κ2) is 14.8. The summed E-state index contributed by atoms with van der Waals surface area (Å²) < 4.78 is 0. The van der Waals surface area contributed by atoms with Gasteiger partial charge in [0.1, 0.15) is 5.37 Å². The van der Waals surface area contributed by atoms with Crippen molar-refractivity contribution in [2.45, 2.75) is 24.8 Å². The van der Waals surface area contributed by atoms with Crippen LogP contribution in [0.2, 0.25) is 0 Å². The van der Waals surface area contributed by atoms with Gasteiger partial charge in [-0.1, -0.05) is 11.8 Å². The Kier molecular flexibility index (Phi) is 12.2. The number of amidine groups is 2. The molecule has 2 atom stereocenters. The number of likely N-dealkylation sites (N-methyl/N-ethyl adjacent to an activating group) is 1. The van der Waals surface area contributed by atoms with Crippen LogP contribution in [0.1, 0.15) is 12.6 Å². The summed E-state index contributed by atoms with van der Waals surface area (Å²) in [6.07, 6.45) is 0.732. The first-order valence-corrected chi connectivity index (χ1v) is 14.0. The van der Waals surface area contributed by atoms with Crippen LogP contribution in [-0.4, -0.2) is 93.2 Å². The number of nitrogen functional groups attached to an aromatic ring is 1. The van der Waals surface area contributed by atoms with E-state index in [0.717, 1.165) is 5.57 Å². The molecular formula is C19H35N13O2S3. The maximum atomic E-state index is 12.6. The average molecular weight is 574 g/mol. The smallest absolute Gasteiger partial charge is 0.226 e. The molecular weight excluding hydrogens is 538 g/mol. The Morgan fingerprint density at radius 1 is 1.43 bits per heavy atom. The standard InChI is InChI=1S/C19H35N13O2S3/c1-11(25-14(34)6-13-9-36-18(21)26-13)17-31(10-33)15(16(20)28-29-23)12(7-35-17)8-37-19(27-22)32(24)5-4-30(2)3/h9-11,17,29H,4-8,22-24H2,1-3H3,(H2,20,28)(H2,21,26)(H,25,34)/b27-19+/t11-,17-/m1/s1. The Bertz CT molecular complexity index is 1010. The van der Waals surface area contributed by atoms with Gasteiger partial charge in [-0.05, 0) is 26.6 Å². The molecule has 1 aromatic rings. The zero-order chi connectivity index (χ0) is 27.5. The minimum atomic E-state index is -0.453. The summed E-state index contributed by atoms with van der Waals surface area (Å²) in [5.74, 6) is 17.7. The summed E-state index contributed by atoms with van der Waals surface area (Å²) in [6, 6.07) is -0.423. The molecule has 1 aromatic heterocycles. The van der Waals surface area contributed by atoms with Crippen molar-refractivity contribution in [3.63, 3.8) is 0 Å². The molecule has 0 saturated heterocycles. The number of carbonyl (C=O) groups is 2. The third-order valence-electron chi connectivity index (χ3n) is 5.08. The van der Waals surface area contributed by atoms with Gasteiger partial charge in [0.05, 0.1) is 23.9 Å². The monoisotopic (exact) mass is 573 g/mol. The number of thiazole rings is 1. The SMILES string of the molecule is C[C@@H](NC(=O)Cc1csc(N)n1)[C@H]1SCC(CS/C(=N/N)N(N)CCN(C)C)=C(/C(N)=N/NN)N1C=O. The molecule has 15 nitrogen and oxygen atoms in total. The molecule has 0 fully saturated rings. The van der Waals surface area contributed by atoms with Crippen LogP contribution < -0.4 is 39.8 Å². The number of amides is 2. The lowest BCUT2D eigenvalue weighted by molar-refractivity contribution is -0.122. The van der Waals surface area contributed by atoms with Crippen LogP contribution in [0.5, 0.6) is 0 Å². The molecule has 1 aliphatic heterocycles. The van der Waals surface area contributed by atoms with Crippen LogP contribution in [0.15, 0.2) is 26.9 Å². The van der Waals surface area contributed by atoms with Crippen molar-refractivity contribution in [1.29, 1.82) is 0 Å². The van der Waals surface area contributed by atoms with Gasteiger partial charge in [-0.3, -0.25) is 19.5 Å². The lowest BCUT2D eigenvalue weighted by atomic mass is 10.1. The summed E-state index contributed by atoms with van der Waals surface area (Å²) in [4.78, 5) is 32.4. The van der Waals surface area contributed by atoms with Crippen molar-refractivity contribution in [2.24, 2.45) is 33.5 Å². The van der Waals surface area contributed by atoms with Crippen LogP contribution >= 0.6 is 34.9 Å². The Hall–Kier alpha value is -2.77. The molecule has 0 unspecified atom stereocenters. The van der Waals surface area contributed by atoms with E-state index in [1.807, 2.05) is 25.9 Å². The maximum absolute atomic E-state index is 12.6. The summed E-state index contributed by atoms with van der Waals surface area (Å²) in [6.45, 7) is 3.04. The van der Waals surface area contributed by atoms with Gasteiger partial charge in [-0.2, -0.15) is 5.10 Å². The number of nitrogens with one attached hydrogen (secondary N) is 2. The minimum Gasteiger partial charge on any atom is -0.380 e. The molecule has 0 saturated carbocycles. The lowest BCUT2D eigenvalue weighted by Gasteiger charge is -2.39. The van der Waals surface area contributed by atoms with Crippen molar-refractivity contribution in [3.05, 3.63) is 22.3 Å². The quantitative estimate of drug-likeness (QED) is 0.0471. The van der Waals surface area contributed by atoms with Crippen LogP contribution in [0, 0.1) is 0 Å². The number of hydrazine groups is 2. The minimum absolute atomic E-state index is 0.0235. The van der Waals surface area contributed by atoms with E-state index in [9.17, 15) is 9.59 Å². The molecule has 206 valence electrons. The van der Waals surface area contributed by atoms with Gasteiger partial charge in [0.25, 0.3) is 0 Å². The van der Waals surface area contributed by atoms with E-state index in [1.54, 1.807) is 5.38 Å². The molecule has 2 heterocycles. The maximum Gasteiger partial charge on any atom is 0.226 e. The highest BCUT2D eigenvalue weighted by Gasteiger charge is 2.35. The van der Waals surface area contributed by atoms with Gasteiger partial charge >= 0.3 is 0 Å². The van der Waals surface area contributed by atoms with Crippen LogP contribution in [0.3, 0.4) is 0 Å². The van der Waals surface area contributed by atoms with E-state index in [1.165, 1.54) is 44.8 Å². The number of rotatable bonds is 12. The first kappa shape index (κ1) is 30.5. The second-order valence-electron chi connectivity index (χ2n) is 8.20. The fourth-order valence-corrected chi connectivity index (χ4v) is 6.23. The number of nitrogens with zero attached hydrogens (tertiary/aromatic N) is 6. The number of hydrogen-bond acceptors (Lipinski definition) is 14. The highest BCUT2D eigenvalue weighted by atomic mass is 32.2. The largest absolute Gasteiger partial charge is 0.380 e. The van der Waals surface area contributed by atoms with Crippen LogP contribution in [0.25, 0.3) is 0 Å². The third kappa shape index (κ3) is 8.93. The van der Waals surface area contributed by atoms with Crippen molar-refractivity contribution < 1.29 is 9.59 Å². The number of hydrogen-bond donors (Lipinski definition) is 7.